The topological polar surface area (TPSA) is 119 Å². The first-order valence-corrected chi connectivity index (χ1v) is 7.01. The molecule has 0 unspecified atom stereocenters. The zero-order valence-electron chi connectivity index (χ0n) is 13.0. The summed E-state index contributed by atoms with van der Waals surface area (Å²) < 4.78 is 4.45. The molecular weight excluding hydrogens is 276 g/mol. The number of hydrogen-bond acceptors (Lipinski definition) is 5. The molecule has 7 heteroatoms. The highest BCUT2D eigenvalue weighted by Gasteiger charge is 2.23. The number of amides is 1. The van der Waals surface area contributed by atoms with Crippen LogP contribution in [0.15, 0.2) is 0 Å². The molecule has 0 spiro atoms. The van der Waals surface area contributed by atoms with Gasteiger partial charge in [0.05, 0.1) is 7.11 Å². The summed E-state index contributed by atoms with van der Waals surface area (Å²) >= 11 is 0. The van der Waals surface area contributed by atoms with Gasteiger partial charge >= 0.3 is 11.9 Å². The van der Waals surface area contributed by atoms with Gasteiger partial charge in [0, 0.05) is 12.8 Å². The maximum atomic E-state index is 11.8. The van der Waals surface area contributed by atoms with E-state index < -0.39 is 18.0 Å². The van der Waals surface area contributed by atoms with Crippen molar-refractivity contribution < 1.29 is 24.2 Å². The standard InChI is InChI=1S/C14H26N2O5/c1-14(2,8-9-15)7-6-11(17)16-10(13(19)20)4-5-12(18)21-3/h10H,4-9,15H2,1-3H3,(H,16,17)(H,19,20)/t10-/m1/s1. The molecular formula is C14H26N2O5. The normalized spacial score (nSPS) is 12.6. The van der Waals surface area contributed by atoms with Crippen molar-refractivity contribution in [3.8, 4) is 0 Å². The fraction of sp³-hybridized carbons (Fsp3) is 0.786. The van der Waals surface area contributed by atoms with Crippen LogP contribution in [0.2, 0.25) is 0 Å². The number of esters is 1. The second kappa shape index (κ2) is 9.33. The van der Waals surface area contributed by atoms with E-state index >= 15 is 0 Å². The number of carbonyl (C=O) groups is 3. The Labute approximate surface area is 125 Å². The van der Waals surface area contributed by atoms with Crippen LogP contribution in [0, 0.1) is 5.41 Å². The molecule has 1 atom stereocenters. The molecule has 0 saturated heterocycles. The monoisotopic (exact) mass is 302 g/mol. The molecule has 0 aliphatic rings. The first-order chi connectivity index (χ1) is 9.71. The highest BCUT2D eigenvalue weighted by molar-refractivity contribution is 5.84. The van der Waals surface area contributed by atoms with Gasteiger partial charge in [-0.2, -0.15) is 0 Å². The number of carboxylic acids is 1. The van der Waals surface area contributed by atoms with Crippen LogP contribution in [-0.4, -0.2) is 42.6 Å². The van der Waals surface area contributed by atoms with Crippen molar-refractivity contribution in [2.24, 2.45) is 11.1 Å². The van der Waals surface area contributed by atoms with Gasteiger partial charge in [-0.15, -0.1) is 0 Å². The Morgan fingerprint density at radius 1 is 1.24 bits per heavy atom. The number of nitrogens with one attached hydrogen (secondary N) is 1. The molecule has 0 aliphatic heterocycles. The first-order valence-electron chi connectivity index (χ1n) is 7.01. The summed E-state index contributed by atoms with van der Waals surface area (Å²) in [6.07, 6.45) is 1.62. The lowest BCUT2D eigenvalue weighted by molar-refractivity contribution is -0.144. The van der Waals surface area contributed by atoms with Gasteiger partial charge in [0.1, 0.15) is 6.04 Å². The largest absolute Gasteiger partial charge is 0.480 e. The Balaban J connectivity index is 4.29. The van der Waals surface area contributed by atoms with Gasteiger partial charge in [-0.3, -0.25) is 9.59 Å². The van der Waals surface area contributed by atoms with Crippen molar-refractivity contribution in [1.82, 2.24) is 5.32 Å². The van der Waals surface area contributed by atoms with Crippen LogP contribution in [0.4, 0.5) is 0 Å². The molecule has 0 fully saturated rings. The molecule has 0 aromatic carbocycles. The fourth-order valence-corrected chi connectivity index (χ4v) is 1.86. The Morgan fingerprint density at radius 3 is 2.33 bits per heavy atom. The van der Waals surface area contributed by atoms with Crippen LogP contribution in [0.5, 0.6) is 0 Å². The molecule has 1 amide bonds. The maximum Gasteiger partial charge on any atom is 0.326 e. The third kappa shape index (κ3) is 9.01. The minimum absolute atomic E-state index is 0.0138. The van der Waals surface area contributed by atoms with E-state index in [4.69, 9.17) is 10.8 Å². The van der Waals surface area contributed by atoms with Gasteiger partial charge in [0.15, 0.2) is 0 Å². The summed E-state index contributed by atoms with van der Waals surface area (Å²) in [6.45, 7) is 4.57. The second-order valence-corrected chi connectivity index (χ2v) is 5.78. The highest BCUT2D eigenvalue weighted by atomic mass is 16.5. The van der Waals surface area contributed by atoms with Gasteiger partial charge < -0.3 is 20.9 Å². The summed E-state index contributed by atoms with van der Waals surface area (Å²) in [5.41, 5.74) is 5.44. The number of carbonyl (C=O) groups excluding carboxylic acids is 2. The van der Waals surface area contributed by atoms with Crippen LogP contribution in [-0.2, 0) is 19.1 Å². The number of rotatable bonds is 10. The van der Waals surface area contributed by atoms with Crippen LogP contribution in [0.1, 0.15) is 46.0 Å². The van der Waals surface area contributed by atoms with E-state index in [0.29, 0.717) is 13.0 Å². The van der Waals surface area contributed by atoms with E-state index in [1.165, 1.54) is 7.11 Å². The van der Waals surface area contributed by atoms with Crippen LogP contribution < -0.4 is 11.1 Å². The number of hydrogen-bond donors (Lipinski definition) is 3. The predicted octanol–water partition coefficient (Wildman–Crippen LogP) is 0.664. The van der Waals surface area contributed by atoms with Gasteiger partial charge in [0.25, 0.3) is 0 Å². The lowest BCUT2D eigenvalue weighted by Crippen LogP contribution is -2.41. The quantitative estimate of drug-likeness (QED) is 0.510. The Kier molecular flexibility index (Phi) is 8.61. The Morgan fingerprint density at radius 2 is 1.86 bits per heavy atom. The molecule has 0 rings (SSSR count). The van der Waals surface area contributed by atoms with Crippen molar-refractivity contribution in [3.05, 3.63) is 0 Å². The summed E-state index contributed by atoms with van der Waals surface area (Å²) in [7, 11) is 1.23. The number of carboxylic acid groups (broad SMARTS) is 1. The summed E-state index contributed by atoms with van der Waals surface area (Å²) in [6, 6.07) is -1.07. The van der Waals surface area contributed by atoms with Crippen LogP contribution >= 0.6 is 0 Å². The van der Waals surface area contributed by atoms with Crippen molar-refractivity contribution in [2.45, 2.75) is 52.0 Å². The number of methoxy groups -OCH3 is 1. The lowest BCUT2D eigenvalue weighted by Gasteiger charge is -2.23. The summed E-state index contributed by atoms with van der Waals surface area (Å²) in [5, 5.41) is 11.5. The Bertz CT molecular complexity index is 368. The van der Waals surface area contributed by atoms with E-state index in [9.17, 15) is 14.4 Å². The number of ether oxygens (including phenoxy) is 1. The van der Waals surface area contributed by atoms with E-state index in [-0.39, 0.29) is 30.6 Å². The molecule has 122 valence electrons. The molecule has 0 aromatic heterocycles. The molecule has 0 radical (unpaired) electrons. The molecule has 0 saturated carbocycles. The van der Waals surface area contributed by atoms with Crippen molar-refractivity contribution in [2.75, 3.05) is 13.7 Å². The highest BCUT2D eigenvalue weighted by Crippen LogP contribution is 2.25. The fourth-order valence-electron chi connectivity index (χ4n) is 1.86. The Hall–Kier alpha value is -1.63. The molecule has 21 heavy (non-hydrogen) atoms. The van der Waals surface area contributed by atoms with Gasteiger partial charge in [0.2, 0.25) is 5.91 Å². The van der Waals surface area contributed by atoms with Gasteiger partial charge in [-0.25, -0.2) is 4.79 Å². The molecule has 0 aromatic rings. The van der Waals surface area contributed by atoms with Crippen molar-refractivity contribution >= 4 is 17.8 Å². The zero-order chi connectivity index (χ0) is 16.5. The van der Waals surface area contributed by atoms with Gasteiger partial charge in [-0.1, -0.05) is 13.8 Å². The van der Waals surface area contributed by atoms with E-state index in [1.54, 1.807) is 0 Å². The molecule has 0 aliphatic carbocycles. The van der Waals surface area contributed by atoms with Crippen molar-refractivity contribution in [1.29, 1.82) is 0 Å². The number of aliphatic carboxylic acids is 1. The maximum absolute atomic E-state index is 11.8. The third-order valence-corrected chi connectivity index (χ3v) is 3.35. The second-order valence-electron chi connectivity index (χ2n) is 5.78. The first kappa shape index (κ1) is 19.4. The van der Waals surface area contributed by atoms with Crippen molar-refractivity contribution in [3.63, 3.8) is 0 Å². The zero-order valence-corrected chi connectivity index (χ0v) is 13.0. The molecule has 7 nitrogen and oxygen atoms in total. The summed E-state index contributed by atoms with van der Waals surface area (Å²) in [5.74, 6) is -1.99. The molecule has 0 bridgehead atoms. The molecule has 0 heterocycles. The van der Waals surface area contributed by atoms with Crippen LogP contribution in [0.25, 0.3) is 0 Å². The minimum atomic E-state index is -1.16. The van der Waals surface area contributed by atoms with E-state index in [1.807, 2.05) is 13.8 Å². The predicted molar refractivity (Wildman–Crippen MR) is 77.5 cm³/mol. The van der Waals surface area contributed by atoms with E-state index in [2.05, 4.69) is 10.1 Å². The van der Waals surface area contributed by atoms with Crippen LogP contribution in [0.3, 0.4) is 0 Å². The average molecular weight is 302 g/mol. The van der Waals surface area contributed by atoms with E-state index in [0.717, 1.165) is 6.42 Å². The minimum Gasteiger partial charge on any atom is -0.480 e. The van der Waals surface area contributed by atoms with Gasteiger partial charge in [-0.05, 0) is 31.2 Å². The number of nitrogens with two attached hydrogens (primary N) is 1. The smallest absolute Gasteiger partial charge is 0.326 e. The molecule has 4 N–H and O–H groups in total. The SMILES string of the molecule is COC(=O)CC[C@@H](NC(=O)CCC(C)(C)CCN)C(=O)O. The lowest BCUT2D eigenvalue weighted by atomic mass is 9.84. The average Bonchev–Trinajstić information content (AvgIpc) is 2.40. The third-order valence-electron chi connectivity index (χ3n) is 3.35. The summed E-state index contributed by atoms with van der Waals surface area (Å²) in [4.78, 5) is 33.9.